The van der Waals surface area contributed by atoms with Crippen molar-refractivity contribution in [2.24, 2.45) is 0 Å². The molecule has 0 saturated carbocycles. The Bertz CT molecular complexity index is 548. The second-order valence-electron chi connectivity index (χ2n) is 4.44. The first kappa shape index (κ1) is 15.1. The van der Waals surface area contributed by atoms with E-state index in [9.17, 15) is 22.8 Å². The Balaban J connectivity index is 1.93. The number of piperazine rings is 1. The van der Waals surface area contributed by atoms with Crippen molar-refractivity contribution in [3.8, 4) is 0 Å². The molecule has 0 bridgehead atoms. The highest BCUT2D eigenvalue weighted by molar-refractivity contribution is 5.85. The Morgan fingerprint density at radius 2 is 2.19 bits per heavy atom. The number of urea groups is 1. The van der Waals surface area contributed by atoms with Gasteiger partial charge in [0.15, 0.2) is 0 Å². The predicted octanol–water partition coefficient (Wildman–Crippen LogP) is 0.742. The third kappa shape index (κ3) is 4.07. The molecule has 0 aromatic carbocycles. The number of hydrogen-bond donors (Lipinski definition) is 2. The van der Waals surface area contributed by atoms with Crippen molar-refractivity contribution in [1.29, 1.82) is 0 Å². The number of rotatable bonds is 2. The first-order chi connectivity index (χ1) is 9.86. The van der Waals surface area contributed by atoms with Gasteiger partial charge in [0.05, 0.1) is 12.2 Å². The Hall–Kier alpha value is -2.32. The lowest BCUT2D eigenvalue weighted by atomic mass is 10.3. The van der Waals surface area contributed by atoms with Gasteiger partial charge >= 0.3 is 12.2 Å². The molecule has 1 aromatic heterocycles. The van der Waals surface area contributed by atoms with E-state index in [1.807, 2.05) is 0 Å². The molecule has 0 unspecified atom stereocenters. The quantitative estimate of drug-likeness (QED) is 0.846. The van der Waals surface area contributed by atoms with Crippen molar-refractivity contribution in [1.82, 2.24) is 20.5 Å². The van der Waals surface area contributed by atoms with Crippen molar-refractivity contribution in [2.75, 3.05) is 19.6 Å². The van der Waals surface area contributed by atoms with Crippen molar-refractivity contribution < 1.29 is 22.8 Å². The number of nitrogens with zero attached hydrogens (tertiary/aromatic N) is 2. The van der Waals surface area contributed by atoms with E-state index >= 15 is 0 Å². The first-order valence-corrected chi connectivity index (χ1v) is 6.19. The van der Waals surface area contributed by atoms with E-state index in [-0.39, 0.29) is 24.7 Å². The lowest BCUT2D eigenvalue weighted by Crippen LogP contribution is -2.52. The fourth-order valence-corrected chi connectivity index (χ4v) is 1.83. The number of hydrogen-bond acceptors (Lipinski definition) is 3. The van der Waals surface area contributed by atoms with Gasteiger partial charge in [0.1, 0.15) is 12.2 Å². The summed E-state index contributed by atoms with van der Waals surface area (Å²) in [6.07, 6.45) is -4.52. The van der Waals surface area contributed by atoms with Crippen LogP contribution < -0.4 is 10.6 Å². The number of nitrogens with one attached hydrogen (secondary N) is 2. The maximum atomic E-state index is 12.5. The Kier molecular flexibility index (Phi) is 4.29. The zero-order valence-electron chi connectivity index (χ0n) is 10.9. The molecule has 9 heteroatoms. The van der Waals surface area contributed by atoms with E-state index < -0.39 is 17.9 Å². The molecule has 114 valence electrons. The summed E-state index contributed by atoms with van der Waals surface area (Å²) in [6, 6.07) is 2.97. The molecule has 21 heavy (non-hydrogen) atoms. The molecule has 1 aliphatic rings. The zero-order chi connectivity index (χ0) is 15.5. The van der Waals surface area contributed by atoms with Gasteiger partial charge in [-0.15, -0.1) is 0 Å². The first-order valence-electron chi connectivity index (χ1n) is 6.19. The monoisotopic (exact) mass is 302 g/mol. The van der Waals surface area contributed by atoms with Crippen LogP contribution in [0.2, 0.25) is 0 Å². The Morgan fingerprint density at radius 3 is 2.86 bits per heavy atom. The van der Waals surface area contributed by atoms with Gasteiger partial charge < -0.3 is 15.5 Å². The molecule has 1 aliphatic heterocycles. The second-order valence-corrected chi connectivity index (χ2v) is 4.44. The number of aromatic nitrogens is 1. The van der Waals surface area contributed by atoms with Crippen LogP contribution >= 0.6 is 0 Å². The van der Waals surface area contributed by atoms with Crippen LogP contribution in [0.15, 0.2) is 18.2 Å². The normalized spacial score (nSPS) is 15.6. The highest BCUT2D eigenvalue weighted by Crippen LogP contribution is 2.27. The van der Waals surface area contributed by atoms with Crippen LogP contribution in [0.25, 0.3) is 0 Å². The number of carbonyl (C=O) groups excluding carboxylic acids is 2. The molecule has 0 radical (unpaired) electrons. The highest BCUT2D eigenvalue weighted by atomic mass is 19.4. The molecule has 3 amide bonds. The SMILES string of the molecule is O=C1CN(C(=O)NCc2cccc(C(F)(F)F)n2)CCN1. The molecule has 1 aromatic rings. The summed E-state index contributed by atoms with van der Waals surface area (Å²) in [6.45, 7) is 0.504. The summed E-state index contributed by atoms with van der Waals surface area (Å²) >= 11 is 0. The van der Waals surface area contributed by atoms with E-state index in [1.165, 1.54) is 17.0 Å². The smallest absolute Gasteiger partial charge is 0.353 e. The summed E-state index contributed by atoms with van der Waals surface area (Å²) in [7, 11) is 0. The summed E-state index contributed by atoms with van der Waals surface area (Å²) in [5.41, 5.74) is -0.911. The highest BCUT2D eigenvalue weighted by Gasteiger charge is 2.32. The lowest BCUT2D eigenvalue weighted by molar-refractivity contribution is -0.141. The maximum absolute atomic E-state index is 12.5. The molecular formula is C12H13F3N4O2. The molecule has 2 N–H and O–H groups in total. The van der Waals surface area contributed by atoms with E-state index in [4.69, 9.17) is 0 Å². The number of amides is 3. The number of carbonyl (C=O) groups is 2. The predicted molar refractivity (Wildman–Crippen MR) is 66.1 cm³/mol. The fourth-order valence-electron chi connectivity index (χ4n) is 1.83. The number of alkyl halides is 3. The minimum atomic E-state index is -4.52. The van der Waals surface area contributed by atoms with Crippen LogP contribution in [0, 0.1) is 0 Å². The van der Waals surface area contributed by atoms with Crippen LogP contribution in [-0.4, -0.2) is 41.5 Å². The number of pyridine rings is 1. The summed E-state index contributed by atoms with van der Waals surface area (Å²) in [5, 5.41) is 5.01. The Labute approximate surface area is 118 Å². The molecule has 2 heterocycles. The van der Waals surface area contributed by atoms with Crippen molar-refractivity contribution in [3.63, 3.8) is 0 Å². The van der Waals surface area contributed by atoms with Crippen LogP contribution in [0.3, 0.4) is 0 Å². The Morgan fingerprint density at radius 1 is 1.43 bits per heavy atom. The minimum absolute atomic E-state index is 0.0676. The topological polar surface area (TPSA) is 74.3 Å². The third-order valence-electron chi connectivity index (χ3n) is 2.84. The molecule has 0 aliphatic carbocycles. The molecule has 2 rings (SSSR count). The molecular weight excluding hydrogens is 289 g/mol. The fraction of sp³-hybridized carbons (Fsp3) is 0.417. The third-order valence-corrected chi connectivity index (χ3v) is 2.84. The van der Waals surface area contributed by atoms with Crippen LogP contribution in [0.1, 0.15) is 11.4 Å². The van der Waals surface area contributed by atoms with Crippen molar-refractivity contribution in [3.05, 3.63) is 29.6 Å². The zero-order valence-corrected chi connectivity index (χ0v) is 10.9. The van der Waals surface area contributed by atoms with Gasteiger partial charge in [0.2, 0.25) is 5.91 Å². The number of halogens is 3. The van der Waals surface area contributed by atoms with E-state index in [1.54, 1.807) is 0 Å². The molecule has 1 fully saturated rings. The summed E-state index contributed by atoms with van der Waals surface area (Å²) in [4.78, 5) is 27.6. The minimum Gasteiger partial charge on any atom is -0.353 e. The summed E-state index contributed by atoms with van der Waals surface area (Å²) in [5.74, 6) is -0.270. The van der Waals surface area contributed by atoms with Gasteiger partial charge in [0, 0.05) is 13.1 Å². The van der Waals surface area contributed by atoms with Gasteiger partial charge in [-0.05, 0) is 12.1 Å². The summed E-state index contributed by atoms with van der Waals surface area (Å²) < 4.78 is 37.5. The van der Waals surface area contributed by atoms with E-state index in [0.29, 0.717) is 13.1 Å². The van der Waals surface area contributed by atoms with Gasteiger partial charge in [-0.2, -0.15) is 13.2 Å². The van der Waals surface area contributed by atoms with Gasteiger partial charge in [-0.3, -0.25) is 4.79 Å². The maximum Gasteiger partial charge on any atom is 0.433 e. The average Bonchev–Trinajstić information content (AvgIpc) is 2.44. The van der Waals surface area contributed by atoms with Crippen molar-refractivity contribution >= 4 is 11.9 Å². The largest absolute Gasteiger partial charge is 0.433 e. The van der Waals surface area contributed by atoms with Crippen molar-refractivity contribution in [2.45, 2.75) is 12.7 Å². The van der Waals surface area contributed by atoms with Gasteiger partial charge in [-0.1, -0.05) is 6.07 Å². The van der Waals surface area contributed by atoms with E-state index in [2.05, 4.69) is 15.6 Å². The van der Waals surface area contributed by atoms with Gasteiger partial charge in [-0.25, -0.2) is 9.78 Å². The van der Waals surface area contributed by atoms with Gasteiger partial charge in [0.25, 0.3) is 0 Å². The molecule has 0 atom stereocenters. The van der Waals surface area contributed by atoms with Crippen LogP contribution in [-0.2, 0) is 17.5 Å². The standard InChI is InChI=1S/C12H13F3N4O2/c13-12(14,15)9-3-1-2-8(18-9)6-17-11(21)19-5-4-16-10(20)7-19/h1-3H,4-7H2,(H,16,20)(H,17,21). The molecule has 0 spiro atoms. The lowest BCUT2D eigenvalue weighted by Gasteiger charge is -2.26. The van der Waals surface area contributed by atoms with Crippen LogP contribution in [0.4, 0.5) is 18.0 Å². The second kappa shape index (κ2) is 5.98. The van der Waals surface area contributed by atoms with Crippen LogP contribution in [0.5, 0.6) is 0 Å². The average molecular weight is 302 g/mol. The van der Waals surface area contributed by atoms with E-state index in [0.717, 1.165) is 6.07 Å². The molecule has 6 nitrogen and oxygen atoms in total. The molecule has 1 saturated heterocycles.